The number of carbonyl (C=O) groups is 2. The first-order valence-corrected chi connectivity index (χ1v) is 6.27. The Balaban J connectivity index is 2.03. The summed E-state index contributed by atoms with van der Waals surface area (Å²) in [5.74, 6) is -1.58. The predicted molar refractivity (Wildman–Crippen MR) is 72.0 cm³/mol. The molecular weight excluding hydrogens is 258 g/mol. The van der Waals surface area contributed by atoms with E-state index in [0.717, 1.165) is 17.7 Å². The van der Waals surface area contributed by atoms with Gasteiger partial charge in [-0.25, -0.2) is 9.78 Å². The molecule has 0 radical (unpaired) electrons. The molecule has 1 aromatic heterocycles. The Labute approximate surface area is 115 Å². The van der Waals surface area contributed by atoms with E-state index in [-0.39, 0.29) is 23.3 Å². The first-order chi connectivity index (χ1) is 9.59. The van der Waals surface area contributed by atoms with Gasteiger partial charge < -0.3 is 15.0 Å². The van der Waals surface area contributed by atoms with Crippen molar-refractivity contribution in [3.8, 4) is 0 Å². The van der Waals surface area contributed by atoms with Crippen molar-refractivity contribution >= 4 is 17.6 Å². The second-order valence-electron chi connectivity index (χ2n) is 4.79. The summed E-state index contributed by atoms with van der Waals surface area (Å²) in [4.78, 5) is 31.6. The lowest BCUT2D eigenvalue weighted by Gasteiger charge is -2.21. The Hall–Kier alpha value is -2.63. The number of anilines is 1. The van der Waals surface area contributed by atoms with Gasteiger partial charge in [0.1, 0.15) is 0 Å². The van der Waals surface area contributed by atoms with Gasteiger partial charge in [-0.05, 0) is 25.0 Å². The summed E-state index contributed by atoms with van der Waals surface area (Å²) in [7, 11) is 0. The van der Waals surface area contributed by atoms with E-state index in [1.807, 2.05) is 31.2 Å². The van der Waals surface area contributed by atoms with Crippen LogP contribution in [-0.2, 0) is 6.42 Å². The average Bonchev–Trinajstić information content (AvgIpc) is 3.01. The zero-order valence-corrected chi connectivity index (χ0v) is 10.8. The first-order valence-electron chi connectivity index (χ1n) is 6.27. The third kappa shape index (κ3) is 1.77. The highest BCUT2D eigenvalue weighted by Gasteiger charge is 2.34. The number of fused-ring (bicyclic) bond motifs is 1. The molecule has 20 heavy (non-hydrogen) atoms. The molecule has 1 aliphatic heterocycles. The van der Waals surface area contributed by atoms with Crippen LogP contribution in [0.5, 0.6) is 0 Å². The van der Waals surface area contributed by atoms with Crippen LogP contribution in [0.3, 0.4) is 0 Å². The molecule has 2 N–H and O–H groups in total. The lowest BCUT2D eigenvalue weighted by atomic mass is 10.1. The van der Waals surface area contributed by atoms with Gasteiger partial charge in [0.2, 0.25) is 0 Å². The van der Waals surface area contributed by atoms with E-state index in [2.05, 4.69) is 9.97 Å². The monoisotopic (exact) mass is 271 g/mol. The lowest BCUT2D eigenvalue weighted by molar-refractivity contribution is 0.0685. The van der Waals surface area contributed by atoms with Crippen LogP contribution in [0.25, 0.3) is 0 Å². The average molecular weight is 271 g/mol. The number of aromatic carboxylic acids is 1. The summed E-state index contributed by atoms with van der Waals surface area (Å²) >= 11 is 0. The van der Waals surface area contributed by atoms with Crippen LogP contribution in [-0.4, -0.2) is 33.0 Å². The molecule has 6 heteroatoms. The second-order valence-corrected chi connectivity index (χ2v) is 4.79. The Kier molecular flexibility index (Phi) is 2.78. The van der Waals surface area contributed by atoms with Crippen LogP contribution >= 0.6 is 0 Å². The van der Waals surface area contributed by atoms with Crippen molar-refractivity contribution in [2.75, 3.05) is 4.90 Å². The van der Waals surface area contributed by atoms with Crippen LogP contribution < -0.4 is 4.90 Å². The number of aromatic amines is 1. The number of carbonyl (C=O) groups excluding carboxylic acids is 1. The fraction of sp³-hybridized carbons (Fsp3) is 0.214. The van der Waals surface area contributed by atoms with Gasteiger partial charge in [-0.1, -0.05) is 18.2 Å². The quantitative estimate of drug-likeness (QED) is 0.870. The van der Waals surface area contributed by atoms with Gasteiger partial charge in [-0.3, -0.25) is 4.79 Å². The molecule has 0 fully saturated rings. The smallest absolute Gasteiger partial charge is 0.354 e. The normalized spacial score (nSPS) is 17.1. The topological polar surface area (TPSA) is 86.3 Å². The molecule has 1 aliphatic rings. The fourth-order valence-corrected chi connectivity index (χ4v) is 2.61. The third-order valence-corrected chi connectivity index (χ3v) is 3.48. The summed E-state index contributed by atoms with van der Waals surface area (Å²) < 4.78 is 0. The third-order valence-electron chi connectivity index (χ3n) is 3.48. The molecule has 0 saturated carbocycles. The van der Waals surface area contributed by atoms with Gasteiger partial charge in [0, 0.05) is 11.7 Å². The number of benzene rings is 1. The van der Waals surface area contributed by atoms with E-state index in [9.17, 15) is 9.59 Å². The van der Waals surface area contributed by atoms with Crippen molar-refractivity contribution in [3.05, 3.63) is 47.5 Å². The molecule has 1 unspecified atom stereocenters. The van der Waals surface area contributed by atoms with Crippen molar-refractivity contribution in [1.29, 1.82) is 0 Å². The summed E-state index contributed by atoms with van der Waals surface area (Å²) in [6.45, 7) is 1.94. The number of hydrogen-bond acceptors (Lipinski definition) is 3. The Bertz CT molecular complexity index is 692. The molecule has 0 bridgehead atoms. The van der Waals surface area contributed by atoms with E-state index < -0.39 is 5.97 Å². The number of carboxylic acids is 1. The zero-order chi connectivity index (χ0) is 14.3. The molecule has 6 nitrogen and oxygen atoms in total. The number of amides is 1. The maximum absolute atomic E-state index is 12.6. The van der Waals surface area contributed by atoms with Gasteiger partial charge in [-0.15, -0.1) is 0 Å². The van der Waals surface area contributed by atoms with E-state index in [0.29, 0.717) is 0 Å². The minimum atomic E-state index is -1.19. The summed E-state index contributed by atoms with van der Waals surface area (Å²) in [6, 6.07) is 7.61. The van der Waals surface area contributed by atoms with Crippen molar-refractivity contribution < 1.29 is 14.7 Å². The van der Waals surface area contributed by atoms with Crippen LogP contribution in [0, 0.1) is 0 Å². The highest BCUT2D eigenvalue weighted by molar-refractivity contribution is 6.11. The first kappa shape index (κ1) is 12.4. The van der Waals surface area contributed by atoms with Gasteiger partial charge in [-0.2, -0.15) is 0 Å². The molecule has 3 rings (SSSR count). The van der Waals surface area contributed by atoms with E-state index >= 15 is 0 Å². The lowest BCUT2D eigenvalue weighted by Crippen LogP contribution is -2.36. The number of H-pyrrole nitrogens is 1. The molecule has 1 atom stereocenters. The molecule has 0 spiro atoms. The molecule has 1 amide bonds. The number of imidazole rings is 1. The van der Waals surface area contributed by atoms with Gasteiger partial charge in [0.15, 0.2) is 11.4 Å². The number of nitrogens with one attached hydrogen (secondary N) is 1. The Morgan fingerprint density at radius 3 is 2.90 bits per heavy atom. The van der Waals surface area contributed by atoms with Crippen molar-refractivity contribution in [1.82, 2.24) is 9.97 Å². The second kappa shape index (κ2) is 4.48. The van der Waals surface area contributed by atoms with E-state index in [1.54, 1.807) is 4.90 Å². The number of nitrogens with zero attached hydrogens (tertiary/aromatic N) is 2. The summed E-state index contributed by atoms with van der Waals surface area (Å²) in [5, 5.41) is 9.07. The summed E-state index contributed by atoms with van der Waals surface area (Å²) in [5.41, 5.74) is 1.68. The highest BCUT2D eigenvalue weighted by atomic mass is 16.4. The van der Waals surface area contributed by atoms with Crippen molar-refractivity contribution in [3.63, 3.8) is 0 Å². The van der Waals surface area contributed by atoms with Crippen LogP contribution in [0.15, 0.2) is 30.6 Å². The van der Waals surface area contributed by atoms with E-state index in [4.69, 9.17) is 5.11 Å². The summed E-state index contributed by atoms with van der Waals surface area (Å²) in [6.07, 6.45) is 1.98. The standard InChI is InChI=1S/C14H13N3O3/c1-8-6-9-4-2-3-5-10(9)17(8)13(18)11-12(14(19)20)16-7-15-11/h2-5,7-8H,6H2,1H3,(H,15,16)(H,19,20). The number of hydrogen-bond donors (Lipinski definition) is 2. The highest BCUT2D eigenvalue weighted by Crippen LogP contribution is 2.33. The minimum Gasteiger partial charge on any atom is -0.477 e. The zero-order valence-electron chi connectivity index (χ0n) is 10.8. The van der Waals surface area contributed by atoms with Crippen LogP contribution in [0.4, 0.5) is 5.69 Å². The minimum absolute atomic E-state index is 0.0155. The van der Waals surface area contributed by atoms with Gasteiger partial charge >= 0.3 is 5.97 Å². The van der Waals surface area contributed by atoms with Crippen LogP contribution in [0.2, 0.25) is 0 Å². The fourth-order valence-electron chi connectivity index (χ4n) is 2.61. The van der Waals surface area contributed by atoms with Crippen molar-refractivity contribution in [2.24, 2.45) is 0 Å². The largest absolute Gasteiger partial charge is 0.477 e. The molecular formula is C14H13N3O3. The van der Waals surface area contributed by atoms with E-state index in [1.165, 1.54) is 6.33 Å². The molecule has 2 heterocycles. The van der Waals surface area contributed by atoms with Gasteiger partial charge in [0.05, 0.1) is 6.33 Å². The predicted octanol–water partition coefficient (Wildman–Crippen LogP) is 1.70. The maximum atomic E-state index is 12.6. The maximum Gasteiger partial charge on any atom is 0.354 e. The van der Waals surface area contributed by atoms with Gasteiger partial charge in [0.25, 0.3) is 5.91 Å². The number of aromatic nitrogens is 2. The Morgan fingerprint density at radius 2 is 2.15 bits per heavy atom. The molecule has 0 aliphatic carbocycles. The SMILES string of the molecule is CC1Cc2ccccc2N1C(=O)c1nc[nH]c1C(=O)O. The molecule has 102 valence electrons. The van der Waals surface area contributed by atoms with Crippen molar-refractivity contribution in [2.45, 2.75) is 19.4 Å². The van der Waals surface area contributed by atoms with Crippen LogP contribution in [0.1, 0.15) is 33.5 Å². The molecule has 0 saturated heterocycles. The number of carboxylic acid groups (broad SMARTS) is 1. The number of para-hydroxylation sites is 1. The number of rotatable bonds is 2. The Morgan fingerprint density at radius 1 is 1.40 bits per heavy atom. The molecule has 1 aromatic carbocycles. The molecule has 2 aromatic rings.